The van der Waals surface area contributed by atoms with E-state index in [1.54, 1.807) is 24.3 Å². The van der Waals surface area contributed by atoms with Gasteiger partial charge in [-0.1, -0.05) is 65.0 Å². The highest BCUT2D eigenvalue weighted by molar-refractivity contribution is 6.07. The number of esters is 1. The van der Waals surface area contributed by atoms with Gasteiger partial charge in [0, 0.05) is 17.2 Å². The topological polar surface area (TPSA) is 134 Å². The SMILES string of the molecule is CC(C)(C)C[C@]1(c2ccc(-c3cnn(C(F)F)c3)cc2)N=C(N)N([C@H](COC(=O)CC(C)(C)C(F)F)c2ccc(F)c(-c3ncnn3C(F)F)c2)C1=O. The van der Waals surface area contributed by atoms with Crippen LogP contribution >= 0.6 is 0 Å². The second kappa shape index (κ2) is 14.6. The number of carbonyl (C=O) groups is 2. The molecule has 18 heteroatoms. The quantitative estimate of drug-likeness (QED) is 0.111. The number of halogens is 7. The fraction of sp³-hybridized carbons (Fsp3) is 0.429. The van der Waals surface area contributed by atoms with Crippen molar-refractivity contribution >= 4 is 17.8 Å². The van der Waals surface area contributed by atoms with Gasteiger partial charge in [0.2, 0.25) is 6.43 Å². The van der Waals surface area contributed by atoms with Gasteiger partial charge >= 0.3 is 19.1 Å². The number of ether oxygens (including phenoxy) is 1. The number of hydrogen-bond acceptors (Lipinski definition) is 8. The molecule has 0 aliphatic carbocycles. The molecule has 0 radical (unpaired) electrons. The van der Waals surface area contributed by atoms with Gasteiger partial charge in [0.25, 0.3) is 5.91 Å². The largest absolute Gasteiger partial charge is 0.463 e. The third kappa shape index (κ3) is 8.05. The molecule has 2 aromatic heterocycles. The maximum absolute atomic E-state index is 15.2. The van der Waals surface area contributed by atoms with E-state index in [4.69, 9.17) is 10.5 Å². The molecule has 1 amide bonds. The summed E-state index contributed by atoms with van der Waals surface area (Å²) in [6, 6.07) is 8.30. The summed E-state index contributed by atoms with van der Waals surface area (Å²) < 4.78 is 102. The first kappa shape index (κ1) is 38.9. The third-order valence-corrected chi connectivity index (χ3v) is 8.69. The lowest BCUT2D eigenvalue weighted by Gasteiger charge is -2.35. The molecule has 4 aromatic rings. The lowest BCUT2D eigenvalue weighted by Crippen LogP contribution is -2.47. The molecule has 284 valence electrons. The zero-order valence-electron chi connectivity index (χ0n) is 29.3. The molecule has 1 aliphatic heterocycles. The second-order valence-electron chi connectivity index (χ2n) is 14.5. The molecule has 2 aromatic carbocycles. The van der Waals surface area contributed by atoms with Crippen LogP contribution in [0.15, 0.2) is 66.2 Å². The Balaban J connectivity index is 1.59. The lowest BCUT2D eigenvalue weighted by molar-refractivity contribution is -0.152. The number of alkyl halides is 6. The predicted octanol–water partition coefficient (Wildman–Crippen LogP) is 7.49. The Bertz CT molecular complexity index is 1990. The van der Waals surface area contributed by atoms with Crippen LogP contribution in [-0.2, 0) is 19.9 Å². The number of nitrogens with two attached hydrogens (primary N) is 1. The molecular formula is C35H37F7N8O3. The van der Waals surface area contributed by atoms with Gasteiger partial charge in [0.15, 0.2) is 17.3 Å². The first-order chi connectivity index (χ1) is 24.7. The molecule has 2 N–H and O–H groups in total. The molecule has 0 fully saturated rings. The Hall–Kier alpha value is -5.29. The van der Waals surface area contributed by atoms with Crippen molar-refractivity contribution in [3.05, 3.63) is 78.1 Å². The molecule has 3 heterocycles. The molecule has 53 heavy (non-hydrogen) atoms. The van der Waals surface area contributed by atoms with Crippen LogP contribution in [0.5, 0.6) is 0 Å². The van der Waals surface area contributed by atoms with Gasteiger partial charge in [-0.05, 0) is 40.7 Å². The van der Waals surface area contributed by atoms with E-state index in [0.717, 1.165) is 29.6 Å². The van der Waals surface area contributed by atoms with Gasteiger partial charge in [-0.2, -0.15) is 32.4 Å². The summed E-state index contributed by atoms with van der Waals surface area (Å²) in [6.07, 6.45) is -0.246. The summed E-state index contributed by atoms with van der Waals surface area (Å²) >= 11 is 0. The highest BCUT2D eigenvalue weighted by atomic mass is 19.3. The Morgan fingerprint density at radius 2 is 1.62 bits per heavy atom. The van der Waals surface area contributed by atoms with Crippen molar-refractivity contribution in [3.63, 3.8) is 0 Å². The number of guanidine groups is 1. The normalized spacial score (nSPS) is 17.3. The van der Waals surface area contributed by atoms with E-state index in [1.165, 1.54) is 26.1 Å². The van der Waals surface area contributed by atoms with Gasteiger partial charge in [-0.15, -0.1) is 0 Å². The first-order valence-corrected chi connectivity index (χ1v) is 16.3. The Kier molecular flexibility index (Phi) is 10.7. The average molecular weight is 751 g/mol. The van der Waals surface area contributed by atoms with Crippen molar-refractivity contribution in [1.29, 1.82) is 0 Å². The molecule has 11 nitrogen and oxygen atoms in total. The average Bonchev–Trinajstić information content (AvgIpc) is 3.81. The van der Waals surface area contributed by atoms with Gasteiger partial charge in [-0.3, -0.25) is 14.5 Å². The predicted molar refractivity (Wildman–Crippen MR) is 178 cm³/mol. The number of carbonyl (C=O) groups excluding carboxylic acids is 2. The van der Waals surface area contributed by atoms with Crippen molar-refractivity contribution in [2.45, 2.75) is 78.6 Å². The minimum atomic E-state index is -3.18. The number of amides is 1. The molecular weight excluding hydrogens is 713 g/mol. The van der Waals surface area contributed by atoms with Crippen molar-refractivity contribution in [2.24, 2.45) is 21.6 Å². The van der Waals surface area contributed by atoms with E-state index in [2.05, 4.69) is 20.2 Å². The number of benzene rings is 2. The smallest absolute Gasteiger partial charge is 0.335 e. The van der Waals surface area contributed by atoms with E-state index in [9.17, 15) is 35.9 Å². The maximum Gasteiger partial charge on any atom is 0.335 e. The molecule has 0 bridgehead atoms. The molecule has 2 atom stereocenters. The number of nitrogens with zero attached hydrogens (tertiary/aromatic N) is 7. The Morgan fingerprint density at radius 1 is 0.943 bits per heavy atom. The summed E-state index contributed by atoms with van der Waals surface area (Å²) in [6.45, 7) is 1.22. The number of aliphatic imine (C=N–C) groups is 1. The minimum Gasteiger partial charge on any atom is -0.463 e. The van der Waals surface area contributed by atoms with Crippen LogP contribution < -0.4 is 5.73 Å². The number of rotatable bonds is 13. The van der Waals surface area contributed by atoms with Crippen LogP contribution in [0.25, 0.3) is 22.5 Å². The van der Waals surface area contributed by atoms with Gasteiger partial charge in [0.1, 0.15) is 18.8 Å². The third-order valence-electron chi connectivity index (χ3n) is 8.69. The molecule has 1 aliphatic rings. The van der Waals surface area contributed by atoms with Crippen LogP contribution in [0.2, 0.25) is 0 Å². The van der Waals surface area contributed by atoms with E-state index in [1.807, 2.05) is 20.8 Å². The van der Waals surface area contributed by atoms with Crippen molar-refractivity contribution in [2.75, 3.05) is 6.61 Å². The summed E-state index contributed by atoms with van der Waals surface area (Å²) in [4.78, 5) is 37.2. The Morgan fingerprint density at radius 3 is 2.21 bits per heavy atom. The minimum absolute atomic E-state index is 0.0515. The summed E-state index contributed by atoms with van der Waals surface area (Å²) in [5.74, 6) is -3.57. The molecule has 5 rings (SSSR count). The van der Waals surface area contributed by atoms with Crippen LogP contribution in [0.1, 0.15) is 77.7 Å². The van der Waals surface area contributed by atoms with Crippen LogP contribution in [0.3, 0.4) is 0 Å². The van der Waals surface area contributed by atoms with E-state index in [0.29, 0.717) is 21.4 Å². The molecule has 0 saturated carbocycles. The fourth-order valence-electron chi connectivity index (χ4n) is 6.11. The van der Waals surface area contributed by atoms with E-state index < -0.39 is 84.0 Å². The van der Waals surface area contributed by atoms with E-state index >= 15 is 4.39 Å². The van der Waals surface area contributed by atoms with Gasteiger partial charge < -0.3 is 10.5 Å². The molecule has 0 unspecified atom stereocenters. The van der Waals surface area contributed by atoms with E-state index in [-0.39, 0.29) is 22.6 Å². The maximum atomic E-state index is 15.2. The highest BCUT2D eigenvalue weighted by Gasteiger charge is 2.53. The monoisotopic (exact) mass is 750 g/mol. The van der Waals surface area contributed by atoms with Crippen LogP contribution in [-0.4, -0.2) is 60.3 Å². The van der Waals surface area contributed by atoms with Crippen LogP contribution in [0.4, 0.5) is 30.7 Å². The second-order valence-corrected chi connectivity index (χ2v) is 14.5. The summed E-state index contributed by atoms with van der Waals surface area (Å²) in [7, 11) is 0. The van der Waals surface area contributed by atoms with Crippen molar-refractivity contribution in [3.8, 4) is 22.5 Å². The molecule has 0 saturated heterocycles. The van der Waals surface area contributed by atoms with Gasteiger partial charge in [0.05, 0.1) is 24.2 Å². The van der Waals surface area contributed by atoms with Crippen LogP contribution in [0, 0.1) is 16.6 Å². The number of hydrogen-bond donors (Lipinski definition) is 1. The summed E-state index contributed by atoms with van der Waals surface area (Å²) in [5, 5.41) is 7.11. The zero-order chi connectivity index (χ0) is 39.0. The van der Waals surface area contributed by atoms with Crippen molar-refractivity contribution < 1.29 is 45.1 Å². The fourth-order valence-corrected chi connectivity index (χ4v) is 6.11. The summed E-state index contributed by atoms with van der Waals surface area (Å²) in [5.41, 5.74) is 3.37. The Labute approximate surface area is 299 Å². The standard InChI is InChI=1S/C35H37F7N8O3/c1-33(2,3)17-35(22-9-6-19(7-10-22)21-14-45-48(15-21)30(39)40)29(52)49(32(43)47-35)25(16-53-26(51)13-34(4,5)28(37)38)20-8-11-24(36)23(12-20)27-44-18-46-50(27)31(41)42/h6-12,14-15,18,25,28,30-31H,13,16-17H2,1-5H3,(H2,43,47)/t25-,35-/m1/s1. The first-order valence-electron chi connectivity index (χ1n) is 16.3. The lowest BCUT2D eigenvalue weighted by atomic mass is 9.75. The zero-order valence-corrected chi connectivity index (χ0v) is 29.3. The van der Waals surface area contributed by atoms with Gasteiger partial charge in [-0.25, -0.2) is 27.8 Å². The highest BCUT2D eigenvalue weighted by Crippen LogP contribution is 2.45. The molecule has 0 spiro atoms. The number of aromatic nitrogens is 5. The van der Waals surface area contributed by atoms with Crippen molar-refractivity contribution in [1.82, 2.24) is 29.4 Å².